The summed E-state index contributed by atoms with van der Waals surface area (Å²) >= 11 is 0. The number of hydrogen-bond donors (Lipinski definition) is 2. The van der Waals surface area contributed by atoms with Gasteiger partial charge in [0.1, 0.15) is 11.8 Å². The van der Waals surface area contributed by atoms with Crippen LogP contribution >= 0.6 is 0 Å². The van der Waals surface area contributed by atoms with Gasteiger partial charge in [0.05, 0.1) is 6.61 Å². The number of benzene rings is 1. The Morgan fingerprint density at radius 2 is 2.00 bits per heavy atom. The highest BCUT2D eigenvalue weighted by atomic mass is 16.7. The van der Waals surface area contributed by atoms with E-state index in [0.717, 1.165) is 32.3 Å². The maximum absolute atomic E-state index is 10.8. The molecule has 6 nitrogen and oxygen atoms in total. The van der Waals surface area contributed by atoms with Crippen LogP contribution in [0.25, 0.3) is 0 Å². The summed E-state index contributed by atoms with van der Waals surface area (Å²) in [6.07, 6.45) is 5.07. The Morgan fingerprint density at radius 1 is 1.26 bits per heavy atom. The molecule has 1 saturated heterocycles. The summed E-state index contributed by atoms with van der Waals surface area (Å²) < 4.78 is 16.8. The molecule has 0 spiro atoms. The van der Waals surface area contributed by atoms with E-state index in [1.54, 1.807) is 24.3 Å². The first kappa shape index (κ1) is 17.7. The van der Waals surface area contributed by atoms with E-state index in [4.69, 9.17) is 25.1 Å². The van der Waals surface area contributed by atoms with Gasteiger partial charge in [-0.15, -0.1) is 0 Å². The third-order valence-corrected chi connectivity index (χ3v) is 3.75. The lowest BCUT2D eigenvalue weighted by molar-refractivity contribution is -0.162. The minimum absolute atomic E-state index is 0.0318. The highest BCUT2D eigenvalue weighted by Gasteiger charge is 2.14. The lowest BCUT2D eigenvalue weighted by atomic mass is 10.1. The van der Waals surface area contributed by atoms with Crippen molar-refractivity contribution in [3.05, 3.63) is 29.8 Å². The Kier molecular flexibility index (Phi) is 7.32. The van der Waals surface area contributed by atoms with E-state index in [1.807, 2.05) is 0 Å². The van der Waals surface area contributed by atoms with Crippen molar-refractivity contribution in [2.75, 3.05) is 19.8 Å². The second-order valence-electron chi connectivity index (χ2n) is 5.61. The van der Waals surface area contributed by atoms with Crippen LogP contribution in [0.2, 0.25) is 0 Å². The number of carboxylic acid groups (broad SMARTS) is 1. The minimum Gasteiger partial charge on any atom is -0.494 e. The molecular formula is C17H25NO5. The van der Waals surface area contributed by atoms with Gasteiger partial charge in [-0.3, -0.25) is 4.79 Å². The smallest absolute Gasteiger partial charge is 0.325 e. The van der Waals surface area contributed by atoms with Gasteiger partial charge in [-0.05, 0) is 49.8 Å². The molecule has 23 heavy (non-hydrogen) atoms. The number of aliphatic carboxylic acids is 1. The molecule has 0 bridgehead atoms. The molecule has 2 rings (SSSR count). The van der Waals surface area contributed by atoms with E-state index in [2.05, 4.69) is 0 Å². The molecule has 128 valence electrons. The first-order valence-electron chi connectivity index (χ1n) is 8.11. The molecule has 2 unspecified atom stereocenters. The lowest BCUT2D eigenvalue weighted by Gasteiger charge is -2.22. The fourth-order valence-corrected chi connectivity index (χ4v) is 2.37. The first-order valence-corrected chi connectivity index (χ1v) is 8.11. The van der Waals surface area contributed by atoms with E-state index in [0.29, 0.717) is 24.5 Å². The first-order chi connectivity index (χ1) is 11.2. The van der Waals surface area contributed by atoms with Gasteiger partial charge >= 0.3 is 5.97 Å². The van der Waals surface area contributed by atoms with E-state index in [-0.39, 0.29) is 6.29 Å². The van der Waals surface area contributed by atoms with Gasteiger partial charge in [-0.25, -0.2) is 0 Å². The van der Waals surface area contributed by atoms with Gasteiger partial charge in [0.15, 0.2) is 6.29 Å². The Morgan fingerprint density at radius 3 is 2.65 bits per heavy atom. The summed E-state index contributed by atoms with van der Waals surface area (Å²) in [5.74, 6) is -0.330. The summed E-state index contributed by atoms with van der Waals surface area (Å²) in [6, 6.07) is 5.84. The predicted octanol–water partition coefficient (Wildman–Crippen LogP) is 2.47. The number of carboxylic acids is 1. The van der Waals surface area contributed by atoms with Crippen molar-refractivity contribution < 1.29 is 24.1 Å². The van der Waals surface area contributed by atoms with E-state index >= 15 is 0 Å². The van der Waals surface area contributed by atoms with Crippen LogP contribution in [0, 0.1) is 0 Å². The standard InChI is InChI=1S/C17H25NO5/c18-16(17(19)20)13-6-8-14(9-7-13)21-10-3-4-12-23-15-5-1-2-11-22-15/h6-9,15-16H,1-5,10-12,18H2,(H,19,20). The minimum atomic E-state index is -1.04. The van der Waals surface area contributed by atoms with Crippen molar-refractivity contribution in [2.45, 2.75) is 44.4 Å². The van der Waals surface area contributed by atoms with Crippen LogP contribution in [-0.4, -0.2) is 37.2 Å². The quantitative estimate of drug-likeness (QED) is 0.678. The summed E-state index contributed by atoms with van der Waals surface area (Å²) in [4.78, 5) is 10.8. The van der Waals surface area contributed by atoms with Gasteiger partial charge in [0.25, 0.3) is 0 Å². The second kappa shape index (κ2) is 9.50. The number of unbranched alkanes of at least 4 members (excludes halogenated alkanes) is 1. The Balaban J connectivity index is 1.58. The molecule has 0 aliphatic carbocycles. The number of nitrogens with two attached hydrogens (primary N) is 1. The van der Waals surface area contributed by atoms with Crippen LogP contribution in [0.15, 0.2) is 24.3 Å². The Hall–Kier alpha value is -1.63. The molecule has 3 N–H and O–H groups in total. The third kappa shape index (κ3) is 6.17. The molecule has 1 heterocycles. The SMILES string of the molecule is NC(C(=O)O)c1ccc(OCCCCOC2CCCCO2)cc1. The largest absolute Gasteiger partial charge is 0.494 e. The molecular weight excluding hydrogens is 298 g/mol. The molecule has 0 aromatic heterocycles. The van der Waals surface area contributed by atoms with Gasteiger partial charge in [0.2, 0.25) is 0 Å². The molecule has 1 aromatic carbocycles. The number of hydrogen-bond acceptors (Lipinski definition) is 5. The second-order valence-corrected chi connectivity index (χ2v) is 5.61. The fourth-order valence-electron chi connectivity index (χ4n) is 2.37. The Labute approximate surface area is 136 Å². The van der Waals surface area contributed by atoms with Gasteiger partial charge in [-0.2, -0.15) is 0 Å². The van der Waals surface area contributed by atoms with E-state index in [1.165, 1.54) is 6.42 Å². The van der Waals surface area contributed by atoms with Crippen molar-refractivity contribution in [1.82, 2.24) is 0 Å². The zero-order chi connectivity index (χ0) is 16.5. The molecule has 2 atom stereocenters. The normalized spacial score (nSPS) is 19.3. The van der Waals surface area contributed by atoms with Crippen LogP contribution < -0.4 is 10.5 Å². The van der Waals surface area contributed by atoms with Gasteiger partial charge in [-0.1, -0.05) is 12.1 Å². The molecule has 1 aromatic rings. The van der Waals surface area contributed by atoms with Crippen molar-refractivity contribution >= 4 is 5.97 Å². The van der Waals surface area contributed by atoms with Crippen molar-refractivity contribution in [3.8, 4) is 5.75 Å². The monoisotopic (exact) mass is 323 g/mol. The summed E-state index contributed by atoms with van der Waals surface area (Å²) in [7, 11) is 0. The summed E-state index contributed by atoms with van der Waals surface area (Å²) in [5, 5.41) is 8.85. The fraction of sp³-hybridized carbons (Fsp3) is 0.588. The van der Waals surface area contributed by atoms with Crippen molar-refractivity contribution in [2.24, 2.45) is 5.73 Å². The molecule has 6 heteroatoms. The highest BCUT2D eigenvalue weighted by molar-refractivity contribution is 5.75. The number of rotatable bonds is 9. The predicted molar refractivity (Wildman–Crippen MR) is 85.3 cm³/mol. The number of ether oxygens (including phenoxy) is 3. The average molecular weight is 323 g/mol. The lowest BCUT2D eigenvalue weighted by Crippen LogP contribution is -2.22. The third-order valence-electron chi connectivity index (χ3n) is 3.75. The topological polar surface area (TPSA) is 91.0 Å². The molecule has 0 radical (unpaired) electrons. The van der Waals surface area contributed by atoms with Crippen LogP contribution in [0.5, 0.6) is 5.75 Å². The van der Waals surface area contributed by atoms with Gasteiger partial charge < -0.3 is 25.1 Å². The van der Waals surface area contributed by atoms with Crippen LogP contribution in [0.1, 0.15) is 43.7 Å². The van der Waals surface area contributed by atoms with E-state index < -0.39 is 12.0 Å². The summed E-state index contributed by atoms with van der Waals surface area (Å²) in [5.41, 5.74) is 6.10. The molecule has 1 fully saturated rings. The van der Waals surface area contributed by atoms with Crippen LogP contribution in [0.3, 0.4) is 0 Å². The highest BCUT2D eigenvalue weighted by Crippen LogP contribution is 2.17. The molecule has 1 aliphatic rings. The van der Waals surface area contributed by atoms with Gasteiger partial charge in [0, 0.05) is 13.2 Å². The molecule has 0 saturated carbocycles. The van der Waals surface area contributed by atoms with Crippen molar-refractivity contribution in [1.29, 1.82) is 0 Å². The maximum Gasteiger partial charge on any atom is 0.325 e. The average Bonchev–Trinajstić information content (AvgIpc) is 2.58. The van der Waals surface area contributed by atoms with Crippen molar-refractivity contribution in [3.63, 3.8) is 0 Å². The van der Waals surface area contributed by atoms with Crippen LogP contribution in [-0.2, 0) is 14.3 Å². The Bertz CT molecular complexity index is 470. The zero-order valence-electron chi connectivity index (χ0n) is 13.3. The molecule has 1 aliphatic heterocycles. The summed E-state index contributed by atoms with van der Waals surface area (Å²) in [6.45, 7) is 2.08. The number of carbonyl (C=O) groups is 1. The maximum atomic E-state index is 10.8. The van der Waals surface area contributed by atoms with Crippen LogP contribution in [0.4, 0.5) is 0 Å². The molecule has 0 amide bonds. The zero-order valence-corrected chi connectivity index (χ0v) is 13.3. The van der Waals surface area contributed by atoms with E-state index in [9.17, 15) is 4.79 Å².